The number of carbonyl (C=O) groups is 2. The van der Waals surface area contributed by atoms with Crippen LogP contribution in [0.5, 0.6) is 5.75 Å². The Balaban J connectivity index is 1.37. The fourth-order valence-electron chi connectivity index (χ4n) is 2.73. The number of fused-ring (bicyclic) bond motifs is 2. The first-order valence-electron chi connectivity index (χ1n) is 8.45. The highest BCUT2D eigenvalue weighted by Gasteiger charge is 2.20. The van der Waals surface area contributed by atoms with Gasteiger partial charge in [0.25, 0.3) is 5.91 Å². The third-order valence-electron chi connectivity index (χ3n) is 4.07. The number of thiazole rings is 1. The second-order valence-corrected chi connectivity index (χ2v) is 7.72. The van der Waals surface area contributed by atoms with Crippen molar-refractivity contribution in [2.24, 2.45) is 0 Å². The van der Waals surface area contributed by atoms with Gasteiger partial charge in [0.2, 0.25) is 0 Å². The molecule has 28 heavy (non-hydrogen) atoms. The normalized spacial score (nSPS) is 12.7. The van der Waals surface area contributed by atoms with E-state index in [1.165, 1.54) is 11.3 Å². The lowest BCUT2D eigenvalue weighted by atomic mass is 10.1. The molecule has 1 aliphatic rings. The molecular formula is C20H15ClN2O4S. The van der Waals surface area contributed by atoms with E-state index in [1.807, 2.05) is 25.1 Å². The van der Waals surface area contributed by atoms with Crippen molar-refractivity contribution in [3.8, 4) is 5.75 Å². The number of carbonyl (C=O) groups excluding carboxylic acids is 2. The highest BCUT2D eigenvalue weighted by Crippen LogP contribution is 2.29. The number of halogens is 1. The Hall–Kier alpha value is -2.90. The van der Waals surface area contributed by atoms with Crippen molar-refractivity contribution < 1.29 is 19.1 Å². The van der Waals surface area contributed by atoms with Gasteiger partial charge in [0.1, 0.15) is 12.4 Å². The Morgan fingerprint density at radius 1 is 1.29 bits per heavy atom. The molecule has 4 rings (SSSR count). The molecule has 0 radical (unpaired) electrons. The predicted molar refractivity (Wildman–Crippen MR) is 109 cm³/mol. The number of amides is 1. The first-order valence-corrected chi connectivity index (χ1v) is 9.64. The molecule has 6 nitrogen and oxygen atoms in total. The summed E-state index contributed by atoms with van der Waals surface area (Å²) in [4.78, 5) is 28.7. The summed E-state index contributed by atoms with van der Waals surface area (Å²) in [6.07, 6.45) is 1.65. The third-order valence-corrected chi connectivity index (χ3v) is 5.24. The Morgan fingerprint density at radius 3 is 3.00 bits per heavy atom. The number of esters is 1. The van der Waals surface area contributed by atoms with E-state index in [0.717, 1.165) is 15.8 Å². The molecule has 0 unspecified atom stereocenters. The van der Waals surface area contributed by atoms with E-state index in [1.54, 1.807) is 24.3 Å². The fraction of sp³-hybridized carbons (Fsp3) is 0.150. The van der Waals surface area contributed by atoms with Crippen LogP contribution >= 0.6 is 22.9 Å². The Kier molecular flexibility index (Phi) is 5.02. The maximum atomic E-state index is 12.2. The number of nitrogens with one attached hydrogen (secondary N) is 1. The van der Waals surface area contributed by atoms with Gasteiger partial charge in [-0.2, -0.15) is 0 Å². The second-order valence-electron chi connectivity index (χ2n) is 6.25. The topological polar surface area (TPSA) is 77.5 Å². The van der Waals surface area contributed by atoms with Crippen molar-refractivity contribution in [3.05, 3.63) is 58.1 Å². The number of nitrogens with zero attached hydrogens (tertiary/aromatic N) is 1. The maximum absolute atomic E-state index is 12.2. The highest BCUT2D eigenvalue weighted by atomic mass is 35.5. The molecular weight excluding hydrogens is 400 g/mol. The van der Waals surface area contributed by atoms with E-state index >= 15 is 0 Å². The zero-order valence-corrected chi connectivity index (χ0v) is 16.4. The zero-order valence-electron chi connectivity index (χ0n) is 14.8. The average Bonchev–Trinajstić information content (AvgIpc) is 3.06. The van der Waals surface area contributed by atoms with Crippen LogP contribution in [0.25, 0.3) is 16.3 Å². The minimum atomic E-state index is -0.610. The molecule has 0 spiro atoms. The van der Waals surface area contributed by atoms with E-state index in [4.69, 9.17) is 21.1 Å². The van der Waals surface area contributed by atoms with Gasteiger partial charge in [-0.05, 0) is 48.9 Å². The minimum absolute atomic E-state index is 0.0757. The van der Waals surface area contributed by atoms with Gasteiger partial charge in [0, 0.05) is 10.6 Å². The number of aryl methyl sites for hydroxylation is 1. The quantitative estimate of drug-likeness (QED) is 0.647. The van der Waals surface area contributed by atoms with E-state index in [9.17, 15) is 9.59 Å². The molecule has 3 aromatic rings. The molecule has 2 heterocycles. The van der Waals surface area contributed by atoms with Gasteiger partial charge in [-0.15, -0.1) is 0 Å². The number of aromatic nitrogens is 1. The Morgan fingerprint density at radius 2 is 2.14 bits per heavy atom. The summed E-state index contributed by atoms with van der Waals surface area (Å²) in [5.74, 6) is -0.421. The van der Waals surface area contributed by atoms with Crippen LogP contribution in [0, 0.1) is 6.92 Å². The monoisotopic (exact) mass is 414 g/mol. The average molecular weight is 415 g/mol. The Labute approximate surface area is 169 Å². The van der Waals surface area contributed by atoms with Gasteiger partial charge in [-0.1, -0.05) is 29.0 Å². The van der Waals surface area contributed by atoms with Gasteiger partial charge in [0.15, 0.2) is 11.7 Å². The SMILES string of the molecule is Cc1ccc2nc(NC(=O)COC(=O)C3=Cc4cc(Cl)ccc4OC3)sc2c1. The van der Waals surface area contributed by atoms with Crippen LogP contribution in [-0.4, -0.2) is 30.1 Å². The summed E-state index contributed by atoms with van der Waals surface area (Å²) in [7, 11) is 0. The first-order chi connectivity index (χ1) is 13.5. The summed E-state index contributed by atoms with van der Waals surface area (Å²) in [5.41, 5.74) is 2.94. The van der Waals surface area contributed by atoms with Gasteiger partial charge < -0.3 is 9.47 Å². The molecule has 0 fully saturated rings. The molecule has 1 amide bonds. The molecule has 2 aromatic carbocycles. The van der Waals surface area contributed by atoms with E-state index in [-0.39, 0.29) is 6.61 Å². The lowest BCUT2D eigenvalue weighted by Crippen LogP contribution is -2.23. The molecule has 1 aromatic heterocycles. The minimum Gasteiger partial charge on any atom is -0.488 e. The van der Waals surface area contributed by atoms with Crippen molar-refractivity contribution in [1.29, 1.82) is 0 Å². The largest absolute Gasteiger partial charge is 0.488 e. The highest BCUT2D eigenvalue weighted by molar-refractivity contribution is 7.22. The summed E-state index contributed by atoms with van der Waals surface area (Å²) < 4.78 is 11.6. The molecule has 1 aliphatic heterocycles. The van der Waals surface area contributed by atoms with Crippen LogP contribution in [0.1, 0.15) is 11.1 Å². The third kappa shape index (κ3) is 4.00. The number of hydrogen-bond acceptors (Lipinski definition) is 6. The summed E-state index contributed by atoms with van der Waals surface area (Å²) in [6.45, 7) is 1.66. The standard InChI is InChI=1S/C20H15ClN2O4S/c1-11-2-4-15-17(6-11)28-20(22-15)23-18(24)10-27-19(25)13-7-12-8-14(21)3-5-16(12)26-9-13/h2-8H,9-10H2,1H3,(H,22,23,24). The number of anilines is 1. The van der Waals surface area contributed by atoms with Crippen LogP contribution in [0.4, 0.5) is 5.13 Å². The number of hydrogen-bond donors (Lipinski definition) is 1. The molecule has 0 saturated heterocycles. The zero-order chi connectivity index (χ0) is 19.7. The van der Waals surface area contributed by atoms with Gasteiger partial charge in [0.05, 0.1) is 15.8 Å². The van der Waals surface area contributed by atoms with Crippen molar-refractivity contribution >= 4 is 56.2 Å². The van der Waals surface area contributed by atoms with Crippen molar-refractivity contribution in [2.45, 2.75) is 6.92 Å². The summed E-state index contributed by atoms with van der Waals surface area (Å²) >= 11 is 7.33. The first kappa shape index (κ1) is 18.5. The van der Waals surface area contributed by atoms with Gasteiger partial charge >= 0.3 is 5.97 Å². The van der Waals surface area contributed by atoms with Crippen LogP contribution in [0.15, 0.2) is 42.0 Å². The molecule has 8 heteroatoms. The van der Waals surface area contributed by atoms with Crippen molar-refractivity contribution in [3.63, 3.8) is 0 Å². The van der Waals surface area contributed by atoms with Gasteiger partial charge in [-0.3, -0.25) is 10.1 Å². The van der Waals surface area contributed by atoms with E-state index < -0.39 is 18.5 Å². The van der Waals surface area contributed by atoms with E-state index in [0.29, 0.717) is 27.0 Å². The Bertz CT molecular complexity index is 1120. The lowest BCUT2D eigenvalue weighted by molar-refractivity contribution is -0.143. The molecule has 1 N–H and O–H groups in total. The number of ether oxygens (including phenoxy) is 2. The van der Waals surface area contributed by atoms with Crippen LogP contribution < -0.4 is 10.1 Å². The van der Waals surface area contributed by atoms with Crippen molar-refractivity contribution in [2.75, 3.05) is 18.5 Å². The van der Waals surface area contributed by atoms with Crippen LogP contribution in [0.3, 0.4) is 0 Å². The molecule has 0 atom stereocenters. The molecule has 142 valence electrons. The van der Waals surface area contributed by atoms with Crippen molar-refractivity contribution in [1.82, 2.24) is 4.98 Å². The van der Waals surface area contributed by atoms with Crippen LogP contribution in [-0.2, 0) is 14.3 Å². The molecule has 0 bridgehead atoms. The maximum Gasteiger partial charge on any atom is 0.338 e. The fourth-order valence-corrected chi connectivity index (χ4v) is 3.89. The summed E-state index contributed by atoms with van der Waals surface area (Å²) in [6, 6.07) is 11.0. The van der Waals surface area contributed by atoms with Gasteiger partial charge in [-0.25, -0.2) is 9.78 Å². The summed E-state index contributed by atoms with van der Waals surface area (Å²) in [5, 5.41) is 3.66. The predicted octanol–water partition coefficient (Wildman–Crippen LogP) is 4.22. The number of benzene rings is 2. The van der Waals surface area contributed by atoms with Crippen LogP contribution in [0.2, 0.25) is 5.02 Å². The number of rotatable bonds is 4. The smallest absolute Gasteiger partial charge is 0.338 e. The molecule has 0 aliphatic carbocycles. The second kappa shape index (κ2) is 7.61. The lowest BCUT2D eigenvalue weighted by Gasteiger charge is -2.17. The molecule has 0 saturated carbocycles. The van der Waals surface area contributed by atoms with E-state index in [2.05, 4.69) is 10.3 Å².